The first-order chi connectivity index (χ1) is 7.09. The summed E-state index contributed by atoms with van der Waals surface area (Å²) in [4.78, 5) is 0. The number of hydrogen-bond donors (Lipinski definition) is 1. The second-order valence-electron chi connectivity index (χ2n) is 4.40. The molecule has 0 saturated carbocycles. The molecule has 0 spiro atoms. The zero-order valence-electron chi connectivity index (χ0n) is 10.1. The van der Waals surface area contributed by atoms with Crippen LogP contribution in [-0.2, 0) is 6.42 Å². The first kappa shape index (κ1) is 12.2. The van der Waals surface area contributed by atoms with Crippen LogP contribution < -0.4 is 5.32 Å². The second-order valence-corrected chi connectivity index (χ2v) is 4.40. The van der Waals surface area contributed by atoms with E-state index in [0.29, 0.717) is 12.0 Å². The summed E-state index contributed by atoms with van der Waals surface area (Å²) in [6, 6.07) is 0.541. The minimum Gasteiger partial charge on any atom is -0.425 e. The molecule has 0 aliphatic carbocycles. The highest BCUT2D eigenvalue weighted by molar-refractivity contribution is 4.87. The molecule has 1 N–H and O–H groups in total. The van der Waals surface area contributed by atoms with Crippen LogP contribution >= 0.6 is 0 Å². The van der Waals surface area contributed by atoms with Crippen molar-refractivity contribution in [3.63, 3.8) is 0 Å². The smallest absolute Gasteiger partial charge is 0.219 e. The summed E-state index contributed by atoms with van der Waals surface area (Å²) in [5.41, 5.74) is 0. The molecule has 0 fully saturated rings. The van der Waals surface area contributed by atoms with Gasteiger partial charge in [-0.25, -0.2) is 0 Å². The Kier molecular flexibility index (Phi) is 4.75. The molecule has 0 radical (unpaired) electrons. The molecule has 0 aliphatic rings. The summed E-state index contributed by atoms with van der Waals surface area (Å²) < 4.78 is 5.50. The molecule has 86 valence electrons. The Hall–Kier alpha value is -0.900. The van der Waals surface area contributed by atoms with Crippen molar-refractivity contribution in [3.05, 3.63) is 11.8 Å². The monoisotopic (exact) mass is 211 g/mol. The normalized spacial score (nSPS) is 11.6. The Morgan fingerprint density at radius 3 is 2.47 bits per heavy atom. The Labute approximate surface area is 91.5 Å². The molecule has 15 heavy (non-hydrogen) atoms. The molecule has 0 saturated heterocycles. The van der Waals surface area contributed by atoms with Crippen LogP contribution in [0.3, 0.4) is 0 Å². The first-order valence-corrected chi connectivity index (χ1v) is 5.65. The third-order valence-electron chi connectivity index (χ3n) is 2.10. The first-order valence-electron chi connectivity index (χ1n) is 5.65. The maximum atomic E-state index is 5.50. The van der Waals surface area contributed by atoms with Crippen molar-refractivity contribution in [3.8, 4) is 0 Å². The van der Waals surface area contributed by atoms with Gasteiger partial charge in [-0.2, -0.15) is 0 Å². The molecule has 1 aromatic rings. The lowest BCUT2D eigenvalue weighted by Crippen LogP contribution is -2.23. The third-order valence-corrected chi connectivity index (χ3v) is 2.10. The lowest BCUT2D eigenvalue weighted by molar-refractivity contribution is 0.424. The molecule has 0 aromatic carbocycles. The molecule has 0 amide bonds. The maximum absolute atomic E-state index is 5.50. The molecule has 0 atom stereocenters. The van der Waals surface area contributed by atoms with Crippen LogP contribution in [0.1, 0.15) is 51.8 Å². The summed E-state index contributed by atoms with van der Waals surface area (Å²) >= 11 is 0. The van der Waals surface area contributed by atoms with Gasteiger partial charge in [0.1, 0.15) is 0 Å². The van der Waals surface area contributed by atoms with Crippen molar-refractivity contribution in [2.45, 2.75) is 52.5 Å². The van der Waals surface area contributed by atoms with Crippen LogP contribution in [0.15, 0.2) is 4.42 Å². The van der Waals surface area contributed by atoms with Crippen molar-refractivity contribution in [2.24, 2.45) is 0 Å². The van der Waals surface area contributed by atoms with Crippen molar-refractivity contribution in [1.82, 2.24) is 15.5 Å². The fraction of sp³-hybridized carbons (Fsp3) is 0.818. The molecule has 0 bridgehead atoms. The summed E-state index contributed by atoms with van der Waals surface area (Å²) in [6.45, 7) is 9.39. The van der Waals surface area contributed by atoms with E-state index in [2.05, 4.69) is 43.2 Å². The number of nitrogens with zero attached hydrogens (tertiary/aromatic N) is 2. The number of nitrogens with one attached hydrogen (secondary N) is 1. The molecule has 4 heteroatoms. The molecule has 0 unspecified atom stereocenters. The van der Waals surface area contributed by atoms with Gasteiger partial charge < -0.3 is 9.73 Å². The van der Waals surface area contributed by atoms with Gasteiger partial charge in [0.2, 0.25) is 11.8 Å². The second kappa shape index (κ2) is 5.85. The highest BCUT2D eigenvalue weighted by atomic mass is 16.4. The fourth-order valence-electron chi connectivity index (χ4n) is 1.23. The zero-order valence-corrected chi connectivity index (χ0v) is 10.1. The summed E-state index contributed by atoms with van der Waals surface area (Å²) in [7, 11) is 0. The van der Waals surface area contributed by atoms with Gasteiger partial charge in [0, 0.05) is 18.4 Å². The number of rotatable bonds is 6. The van der Waals surface area contributed by atoms with Gasteiger partial charge in [0.25, 0.3) is 0 Å². The van der Waals surface area contributed by atoms with Crippen LogP contribution in [0.2, 0.25) is 0 Å². The van der Waals surface area contributed by atoms with E-state index in [4.69, 9.17) is 4.42 Å². The van der Waals surface area contributed by atoms with Crippen molar-refractivity contribution in [1.29, 1.82) is 0 Å². The molecule has 1 heterocycles. The quantitative estimate of drug-likeness (QED) is 0.732. The van der Waals surface area contributed by atoms with Crippen LogP contribution in [0.25, 0.3) is 0 Å². The van der Waals surface area contributed by atoms with Crippen molar-refractivity contribution < 1.29 is 4.42 Å². The van der Waals surface area contributed by atoms with Gasteiger partial charge in [0.15, 0.2) is 0 Å². The maximum Gasteiger partial charge on any atom is 0.219 e. The average Bonchev–Trinajstić information content (AvgIpc) is 2.60. The van der Waals surface area contributed by atoms with Gasteiger partial charge in [-0.15, -0.1) is 10.2 Å². The minimum atomic E-state index is 0.319. The number of aryl methyl sites for hydroxylation is 1. The topological polar surface area (TPSA) is 51.0 Å². The van der Waals surface area contributed by atoms with Crippen molar-refractivity contribution in [2.75, 3.05) is 6.54 Å². The van der Waals surface area contributed by atoms with Crippen LogP contribution in [-0.4, -0.2) is 22.8 Å². The number of hydrogen-bond acceptors (Lipinski definition) is 4. The van der Waals surface area contributed by atoms with Gasteiger partial charge in [-0.1, -0.05) is 27.7 Å². The Balaban J connectivity index is 2.26. The van der Waals surface area contributed by atoms with E-state index in [1.165, 1.54) is 0 Å². The van der Waals surface area contributed by atoms with Crippen molar-refractivity contribution >= 4 is 0 Å². The van der Waals surface area contributed by atoms with E-state index >= 15 is 0 Å². The minimum absolute atomic E-state index is 0.319. The summed E-state index contributed by atoms with van der Waals surface area (Å²) in [5, 5.41) is 11.4. The fourth-order valence-corrected chi connectivity index (χ4v) is 1.23. The molecule has 0 aliphatic heterocycles. The highest BCUT2D eigenvalue weighted by Gasteiger charge is 2.08. The third kappa shape index (κ3) is 4.42. The van der Waals surface area contributed by atoms with E-state index in [1.807, 2.05) is 0 Å². The van der Waals surface area contributed by atoms with Gasteiger partial charge in [-0.3, -0.25) is 0 Å². The van der Waals surface area contributed by atoms with E-state index < -0.39 is 0 Å². The predicted molar refractivity (Wildman–Crippen MR) is 59.8 cm³/mol. The molecule has 1 aromatic heterocycles. The average molecular weight is 211 g/mol. The van der Waals surface area contributed by atoms with Crippen LogP contribution in [0.4, 0.5) is 0 Å². The highest BCUT2D eigenvalue weighted by Crippen LogP contribution is 2.12. The SMILES string of the molecule is CC(C)NCCCc1nnc(C(C)C)o1. The summed E-state index contributed by atoms with van der Waals surface area (Å²) in [6.07, 6.45) is 1.90. The molecule has 4 nitrogen and oxygen atoms in total. The standard InChI is InChI=1S/C11H21N3O/c1-8(2)11-14-13-10(15-11)6-5-7-12-9(3)4/h8-9,12H,5-7H2,1-4H3. The molecular formula is C11H21N3O. The zero-order chi connectivity index (χ0) is 11.3. The Morgan fingerprint density at radius 2 is 1.93 bits per heavy atom. The predicted octanol–water partition coefficient (Wildman–Crippen LogP) is 2.12. The number of aromatic nitrogens is 2. The van der Waals surface area contributed by atoms with Gasteiger partial charge in [0.05, 0.1) is 0 Å². The van der Waals surface area contributed by atoms with Crippen LogP contribution in [0.5, 0.6) is 0 Å². The van der Waals surface area contributed by atoms with E-state index in [9.17, 15) is 0 Å². The largest absolute Gasteiger partial charge is 0.425 e. The lowest BCUT2D eigenvalue weighted by Gasteiger charge is -2.05. The Bertz CT molecular complexity index is 281. The van der Waals surface area contributed by atoms with Gasteiger partial charge in [-0.05, 0) is 13.0 Å². The Morgan fingerprint density at radius 1 is 1.20 bits per heavy atom. The molecular weight excluding hydrogens is 190 g/mol. The van der Waals surface area contributed by atoms with E-state index in [-0.39, 0.29) is 0 Å². The molecule has 1 rings (SSSR count). The van der Waals surface area contributed by atoms with Crippen LogP contribution in [0, 0.1) is 0 Å². The van der Waals surface area contributed by atoms with Gasteiger partial charge >= 0.3 is 0 Å². The van der Waals surface area contributed by atoms with E-state index in [0.717, 1.165) is 31.2 Å². The summed E-state index contributed by atoms with van der Waals surface area (Å²) in [5.74, 6) is 1.81. The van der Waals surface area contributed by atoms with E-state index in [1.54, 1.807) is 0 Å². The lowest BCUT2D eigenvalue weighted by atomic mass is 10.2.